The average Bonchev–Trinajstić information content (AvgIpc) is 2.48. The van der Waals surface area contributed by atoms with Crippen molar-refractivity contribution >= 4 is 11.9 Å². The Morgan fingerprint density at radius 2 is 1.76 bits per heavy atom. The van der Waals surface area contributed by atoms with Gasteiger partial charge in [-0.3, -0.25) is 9.59 Å². The van der Waals surface area contributed by atoms with E-state index < -0.39 is 5.97 Å². The first-order valence-corrected chi connectivity index (χ1v) is 8.52. The third-order valence-electron chi connectivity index (χ3n) is 5.14. The Balaban J connectivity index is 1.96. The summed E-state index contributed by atoms with van der Waals surface area (Å²) in [6.45, 7) is 2.13. The van der Waals surface area contributed by atoms with Gasteiger partial charge in [-0.1, -0.05) is 26.2 Å². The molecule has 0 aromatic heterocycles. The Morgan fingerprint density at radius 1 is 1.10 bits per heavy atom. The number of carbonyl (C=O) groups excluding carboxylic acids is 1. The van der Waals surface area contributed by atoms with Crippen LogP contribution in [0.15, 0.2) is 0 Å². The van der Waals surface area contributed by atoms with Crippen LogP contribution in [0.25, 0.3) is 0 Å². The molecule has 2 saturated carbocycles. The SMILES string of the molecule is CCCC1(OC(=O)C2CCCC(C(=O)O)C2)CCCCC1. The predicted octanol–water partition coefficient (Wildman–Crippen LogP) is 3.92. The molecule has 2 rings (SSSR count). The molecule has 1 N–H and O–H groups in total. The van der Waals surface area contributed by atoms with E-state index in [1.165, 1.54) is 6.42 Å². The Kier molecular flexibility index (Phi) is 5.65. The predicted molar refractivity (Wildman–Crippen MR) is 79.9 cm³/mol. The highest BCUT2D eigenvalue weighted by molar-refractivity contribution is 5.76. The Morgan fingerprint density at radius 3 is 2.38 bits per heavy atom. The zero-order valence-corrected chi connectivity index (χ0v) is 13.1. The maximum Gasteiger partial charge on any atom is 0.309 e. The highest BCUT2D eigenvalue weighted by Gasteiger charge is 2.39. The second-order valence-electron chi connectivity index (χ2n) is 6.81. The fraction of sp³-hybridized carbons (Fsp3) is 0.882. The zero-order chi connectivity index (χ0) is 15.3. The van der Waals surface area contributed by atoms with E-state index in [0.717, 1.165) is 51.4 Å². The van der Waals surface area contributed by atoms with Gasteiger partial charge in [-0.25, -0.2) is 0 Å². The van der Waals surface area contributed by atoms with Gasteiger partial charge in [-0.15, -0.1) is 0 Å². The molecule has 2 aliphatic rings. The summed E-state index contributed by atoms with van der Waals surface area (Å²) >= 11 is 0. The monoisotopic (exact) mass is 296 g/mol. The van der Waals surface area contributed by atoms with E-state index in [-0.39, 0.29) is 23.4 Å². The minimum Gasteiger partial charge on any atom is -0.481 e. The van der Waals surface area contributed by atoms with Crippen molar-refractivity contribution in [1.29, 1.82) is 0 Å². The van der Waals surface area contributed by atoms with Crippen molar-refractivity contribution in [2.75, 3.05) is 0 Å². The van der Waals surface area contributed by atoms with Crippen LogP contribution in [-0.4, -0.2) is 22.6 Å². The third-order valence-corrected chi connectivity index (χ3v) is 5.14. The van der Waals surface area contributed by atoms with Gasteiger partial charge >= 0.3 is 11.9 Å². The van der Waals surface area contributed by atoms with Crippen LogP contribution >= 0.6 is 0 Å². The van der Waals surface area contributed by atoms with Gasteiger partial charge in [0.05, 0.1) is 11.8 Å². The molecule has 0 aromatic carbocycles. The van der Waals surface area contributed by atoms with E-state index >= 15 is 0 Å². The number of carbonyl (C=O) groups is 2. The summed E-state index contributed by atoms with van der Waals surface area (Å²) in [6, 6.07) is 0. The molecular formula is C17H28O4. The van der Waals surface area contributed by atoms with E-state index in [9.17, 15) is 9.59 Å². The maximum atomic E-state index is 12.5. The first kappa shape index (κ1) is 16.3. The van der Waals surface area contributed by atoms with Gasteiger partial charge < -0.3 is 9.84 Å². The number of carboxylic acids is 1. The Hall–Kier alpha value is -1.06. The van der Waals surface area contributed by atoms with Crippen LogP contribution in [0.5, 0.6) is 0 Å². The van der Waals surface area contributed by atoms with E-state index in [1.54, 1.807) is 0 Å². The van der Waals surface area contributed by atoms with Crippen LogP contribution in [0.3, 0.4) is 0 Å². The van der Waals surface area contributed by atoms with Crippen LogP contribution in [-0.2, 0) is 14.3 Å². The molecular weight excluding hydrogens is 268 g/mol. The summed E-state index contributed by atoms with van der Waals surface area (Å²) < 4.78 is 5.96. The van der Waals surface area contributed by atoms with Crippen LogP contribution in [0.1, 0.15) is 77.6 Å². The van der Waals surface area contributed by atoms with Crippen molar-refractivity contribution in [3.05, 3.63) is 0 Å². The lowest BCUT2D eigenvalue weighted by molar-refractivity contribution is -0.171. The summed E-state index contributed by atoms with van der Waals surface area (Å²) in [6.07, 6.45) is 10.2. The number of ether oxygens (including phenoxy) is 1. The molecule has 4 nitrogen and oxygen atoms in total. The number of hydrogen-bond donors (Lipinski definition) is 1. The lowest BCUT2D eigenvalue weighted by Gasteiger charge is -2.38. The fourth-order valence-corrected chi connectivity index (χ4v) is 3.98. The van der Waals surface area contributed by atoms with Gasteiger partial charge in [-0.2, -0.15) is 0 Å². The summed E-state index contributed by atoms with van der Waals surface area (Å²) in [4.78, 5) is 23.6. The molecule has 2 atom stereocenters. The van der Waals surface area contributed by atoms with Gasteiger partial charge in [0.15, 0.2) is 0 Å². The molecule has 0 saturated heterocycles. The fourth-order valence-electron chi connectivity index (χ4n) is 3.98. The third kappa shape index (κ3) is 4.21. The lowest BCUT2D eigenvalue weighted by atomic mass is 9.79. The topological polar surface area (TPSA) is 63.6 Å². The molecule has 120 valence electrons. The molecule has 0 radical (unpaired) electrons. The molecule has 0 aromatic rings. The Labute approximate surface area is 127 Å². The largest absolute Gasteiger partial charge is 0.481 e. The maximum absolute atomic E-state index is 12.5. The van der Waals surface area contributed by atoms with Gasteiger partial charge in [0, 0.05) is 0 Å². The number of esters is 1. The van der Waals surface area contributed by atoms with Gasteiger partial charge in [0.1, 0.15) is 5.60 Å². The average molecular weight is 296 g/mol. The highest BCUT2D eigenvalue weighted by atomic mass is 16.6. The van der Waals surface area contributed by atoms with E-state index in [4.69, 9.17) is 9.84 Å². The zero-order valence-electron chi connectivity index (χ0n) is 13.1. The van der Waals surface area contributed by atoms with Gasteiger partial charge in [0.25, 0.3) is 0 Å². The molecule has 2 unspecified atom stereocenters. The quantitative estimate of drug-likeness (QED) is 0.781. The summed E-state index contributed by atoms with van der Waals surface area (Å²) in [5.41, 5.74) is -0.264. The second kappa shape index (κ2) is 7.28. The number of carboxylic acid groups (broad SMARTS) is 1. The summed E-state index contributed by atoms with van der Waals surface area (Å²) in [5, 5.41) is 9.14. The molecule has 0 aliphatic heterocycles. The molecule has 0 heterocycles. The van der Waals surface area contributed by atoms with Crippen LogP contribution in [0.2, 0.25) is 0 Å². The van der Waals surface area contributed by atoms with E-state index in [0.29, 0.717) is 12.8 Å². The van der Waals surface area contributed by atoms with E-state index in [2.05, 4.69) is 6.92 Å². The summed E-state index contributed by atoms with van der Waals surface area (Å²) in [7, 11) is 0. The lowest BCUT2D eigenvalue weighted by Crippen LogP contribution is -2.40. The van der Waals surface area contributed by atoms with Crippen molar-refractivity contribution in [2.24, 2.45) is 11.8 Å². The first-order chi connectivity index (χ1) is 10.1. The molecule has 21 heavy (non-hydrogen) atoms. The Bertz CT molecular complexity index is 365. The van der Waals surface area contributed by atoms with Gasteiger partial charge in [-0.05, 0) is 51.4 Å². The molecule has 2 fully saturated rings. The molecule has 0 spiro atoms. The normalized spacial score (nSPS) is 28.8. The summed E-state index contributed by atoms with van der Waals surface area (Å²) in [5.74, 6) is -1.50. The van der Waals surface area contributed by atoms with Crippen molar-refractivity contribution < 1.29 is 19.4 Å². The van der Waals surface area contributed by atoms with Crippen molar-refractivity contribution in [3.8, 4) is 0 Å². The van der Waals surface area contributed by atoms with Crippen molar-refractivity contribution in [3.63, 3.8) is 0 Å². The minimum atomic E-state index is -0.770. The number of rotatable bonds is 5. The minimum absolute atomic E-state index is 0.142. The number of hydrogen-bond acceptors (Lipinski definition) is 3. The standard InChI is InChI=1S/C17H28O4/c1-2-9-17(10-4-3-5-11-17)21-16(20)14-8-6-7-13(12-14)15(18)19/h13-14H,2-12H2,1H3,(H,18,19). The number of aliphatic carboxylic acids is 1. The van der Waals surface area contributed by atoms with Crippen molar-refractivity contribution in [1.82, 2.24) is 0 Å². The smallest absolute Gasteiger partial charge is 0.309 e. The molecule has 2 aliphatic carbocycles. The van der Waals surface area contributed by atoms with Crippen LogP contribution < -0.4 is 0 Å². The molecule has 0 bridgehead atoms. The van der Waals surface area contributed by atoms with Crippen molar-refractivity contribution in [2.45, 2.75) is 83.2 Å². The highest BCUT2D eigenvalue weighted by Crippen LogP contribution is 2.38. The first-order valence-electron chi connectivity index (χ1n) is 8.52. The van der Waals surface area contributed by atoms with E-state index in [1.807, 2.05) is 0 Å². The second-order valence-corrected chi connectivity index (χ2v) is 6.81. The van der Waals surface area contributed by atoms with Gasteiger partial charge in [0.2, 0.25) is 0 Å². The van der Waals surface area contributed by atoms with Crippen LogP contribution in [0, 0.1) is 11.8 Å². The molecule has 0 amide bonds. The van der Waals surface area contributed by atoms with Crippen LogP contribution in [0.4, 0.5) is 0 Å². The molecule has 4 heteroatoms.